The van der Waals surface area contributed by atoms with Crippen molar-refractivity contribution in [3.8, 4) is 0 Å². The molecule has 0 aliphatic carbocycles. The molecular weight excluding hydrogens is 440 g/mol. The molecule has 0 unspecified atom stereocenters. The molecule has 0 atom stereocenters. The standard InChI is InChI=1S/C21H21F2N5O3S/c22-21(23)8-3-10-28(11-9-21)19-16(12-14-4-1-2-5-17(14)26-19)20(29)27-18-7-6-15(13-25-18)32(24,30)31/h1-2,4-7,12-13H,3,8-11H2,(H2,24,30,31)(H,25,27,29). The van der Waals surface area contributed by atoms with Crippen LogP contribution in [0.4, 0.5) is 20.4 Å². The quantitative estimate of drug-likeness (QED) is 0.616. The second kappa shape index (κ2) is 8.40. The fourth-order valence-corrected chi connectivity index (χ4v) is 4.05. The minimum absolute atomic E-state index is 0.0694. The van der Waals surface area contributed by atoms with Crippen LogP contribution in [0, 0.1) is 0 Å². The number of nitrogens with one attached hydrogen (secondary N) is 1. The molecule has 4 rings (SSSR count). The zero-order valence-corrected chi connectivity index (χ0v) is 17.8. The lowest BCUT2D eigenvalue weighted by Crippen LogP contribution is -2.29. The summed E-state index contributed by atoms with van der Waals surface area (Å²) in [6, 6.07) is 11.4. The highest BCUT2D eigenvalue weighted by atomic mass is 32.2. The summed E-state index contributed by atoms with van der Waals surface area (Å²) in [7, 11) is -3.91. The second-order valence-corrected chi connectivity index (χ2v) is 9.19. The molecular formula is C21H21F2N5O3S. The summed E-state index contributed by atoms with van der Waals surface area (Å²) in [6.45, 7) is 0.419. The number of benzene rings is 1. The van der Waals surface area contributed by atoms with Crippen LogP contribution in [0.1, 0.15) is 29.6 Å². The van der Waals surface area contributed by atoms with E-state index in [0.717, 1.165) is 11.6 Å². The number of pyridine rings is 2. The maximum atomic E-state index is 13.9. The van der Waals surface area contributed by atoms with Crippen molar-refractivity contribution >= 4 is 38.5 Å². The number of alkyl halides is 2. The fraction of sp³-hybridized carbons (Fsp3) is 0.286. The highest BCUT2D eigenvalue weighted by Crippen LogP contribution is 2.32. The number of carbonyl (C=O) groups is 1. The van der Waals surface area contributed by atoms with Crippen molar-refractivity contribution in [3.05, 3.63) is 54.2 Å². The first kappa shape index (κ1) is 22.0. The van der Waals surface area contributed by atoms with Gasteiger partial charge in [-0.15, -0.1) is 0 Å². The van der Waals surface area contributed by atoms with Crippen LogP contribution < -0.4 is 15.4 Å². The first-order chi connectivity index (χ1) is 15.1. The van der Waals surface area contributed by atoms with Gasteiger partial charge in [-0.25, -0.2) is 32.3 Å². The number of primary sulfonamides is 1. The number of amides is 1. The number of halogens is 2. The second-order valence-electron chi connectivity index (χ2n) is 7.63. The van der Waals surface area contributed by atoms with E-state index in [0.29, 0.717) is 17.9 Å². The number of carbonyl (C=O) groups excluding carboxylic acids is 1. The van der Waals surface area contributed by atoms with E-state index in [4.69, 9.17) is 5.14 Å². The lowest BCUT2D eigenvalue weighted by molar-refractivity contribution is -0.0102. The molecule has 0 radical (unpaired) electrons. The zero-order chi connectivity index (χ0) is 22.9. The van der Waals surface area contributed by atoms with Gasteiger partial charge in [0.25, 0.3) is 5.91 Å². The number of aromatic nitrogens is 2. The number of hydrogen-bond donors (Lipinski definition) is 2. The van der Waals surface area contributed by atoms with Gasteiger partial charge in [-0.3, -0.25) is 4.79 Å². The van der Waals surface area contributed by atoms with Crippen molar-refractivity contribution < 1.29 is 22.0 Å². The molecule has 3 heterocycles. The van der Waals surface area contributed by atoms with E-state index in [1.807, 2.05) is 12.1 Å². The molecule has 0 saturated carbocycles. The van der Waals surface area contributed by atoms with E-state index in [-0.39, 0.29) is 42.1 Å². The Morgan fingerprint density at radius 2 is 1.91 bits per heavy atom. The third-order valence-corrected chi connectivity index (χ3v) is 6.17. The Balaban J connectivity index is 1.68. The van der Waals surface area contributed by atoms with E-state index < -0.39 is 21.9 Å². The van der Waals surface area contributed by atoms with Crippen LogP contribution in [-0.4, -0.2) is 43.3 Å². The molecule has 1 aliphatic heterocycles. The largest absolute Gasteiger partial charge is 0.356 e. The molecule has 32 heavy (non-hydrogen) atoms. The predicted octanol–water partition coefficient (Wildman–Crippen LogP) is 3.16. The van der Waals surface area contributed by atoms with E-state index in [2.05, 4.69) is 15.3 Å². The SMILES string of the molecule is NS(=O)(=O)c1ccc(NC(=O)c2cc3ccccc3nc2N2CCCC(F)(F)CC2)nc1. The maximum Gasteiger partial charge on any atom is 0.260 e. The number of fused-ring (bicyclic) bond motifs is 1. The Kier molecular flexibility index (Phi) is 5.78. The van der Waals surface area contributed by atoms with Gasteiger partial charge in [0.05, 0.1) is 11.1 Å². The summed E-state index contributed by atoms with van der Waals surface area (Å²) in [4.78, 5) is 23.2. The number of para-hydroxylation sites is 1. The number of hydrogen-bond acceptors (Lipinski definition) is 6. The fourth-order valence-electron chi connectivity index (χ4n) is 3.60. The van der Waals surface area contributed by atoms with Gasteiger partial charge in [0.2, 0.25) is 15.9 Å². The minimum atomic E-state index is -3.91. The molecule has 168 valence electrons. The van der Waals surface area contributed by atoms with Gasteiger partial charge in [0.15, 0.2) is 0 Å². The number of nitrogens with two attached hydrogens (primary N) is 1. The van der Waals surface area contributed by atoms with Crippen LogP contribution in [0.5, 0.6) is 0 Å². The van der Waals surface area contributed by atoms with Crippen molar-refractivity contribution in [1.82, 2.24) is 9.97 Å². The molecule has 1 fully saturated rings. The lowest BCUT2D eigenvalue weighted by Gasteiger charge is -2.24. The number of nitrogens with zero attached hydrogens (tertiary/aromatic N) is 3. The van der Waals surface area contributed by atoms with Crippen molar-refractivity contribution in [2.45, 2.75) is 30.1 Å². The first-order valence-corrected chi connectivity index (χ1v) is 11.5. The van der Waals surface area contributed by atoms with Crippen LogP contribution >= 0.6 is 0 Å². The molecule has 1 aromatic carbocycles. The third kappa shape index (κ3) is 4.83. The van der Waals surface area contributed by atoms with E-state index >= 15 is 0 Å². The zero-order valence-electron chi connectivity index (χ0n) is 17.0. The summed E-state index contributed by atoms with van der Waals surface area (Å²) in [6.07, 6.45) is 0.790. The molecule has 1 aliphatic rings. The average Bonchev–Trinajstić information content (AvgIpc) is 2.93. The molecule has 1 saturated heterocycles. The Morgan fingerprint density at radius 1 is 1.12 bits per heavy atom. The number of rotatable bonds is 4. The van der Waals surface area contributed by atoms with Crippen LogP contribution in [0.3, 0.4) is 0 Å². The third-order valence-electron chi connectivity index (χ3n) is 5.27. The smallest absolute Gasteiger partial charge is 0.260 e. The van der Waals surface area contributed by atoms with Crippen molar-refractivity contribution in [2.75, 3.05) is 23.3 Å². The highest BCUT2D eigenvalue weighted by Gasteiger charge is 2.33. The first-order valence-electron chi connectivity index (χ1n) is 9.95. The Labute approximate surface area is 183 Å². The predicted molar refractivity (Wildman–Crippen MR) is 116 cm³/mol. The van der Waals surface area contributed by atoms with Crippen LogP contribution in [0.2, 0.25) is 0 Å². The Hall–Kier alpha value is -3.18. The molecule has 1 amide bonds. The van der Waals surface area contributed by atoms with E-state index in [9.17, 15) is 22.0 Å². The minimum Gasteiger partial charge on any atom is -0.356 e. The lowest BCUT2D eigenvalue weighted by atomic mass is 10.1. The molecule has 3 N–H and O–H groups in total. The van der Waals surface area contributed by atoms with E-state index in [1.165, 1.54) is 12.1 Å². The number of sulfonamides is 1. The molecule has 2 aromatic heterocycles. The van der Waals surface area contributed by atoms with E-state index in [1.54, 1.807) is 23.1 Å². The molecule has 3 aromatic rings. The number of anilines is 2. The molecule has 0 bridgehead atoms. The van der Waals surface area contributed by atoms with Crippen LogP contribution in [0.25, 0.3) is 10.9 Å². The monoisotopic (exact) mass is 461 g/mol. The average molecular weight is 461 g/mol. The van der Waals surface area contributed by atoms with Crippen molar-refractivity contribution in [1.29, 1.82) is 0 Å². The van der Waals surface area contributed by atoms with Gasteiger partial charge >= 0.3 is 0 Å². The molecule has 0 spiro atoms. The Bertz CT molecular complexity index is 1270. The van der Waals surface area contributed by atoms with Crippen LogP contribution in [-0.2, 0) is 10.0 Å². The van der Waals surface area contributed by atoms with Gasteiger partial charge in [-0.1, -0.05) is 18.2 Å². The summed E-state index contributed by atoms with van der Waals surface area (Å²) in [5.74, 6) is -2.85. The van der Waals surface area contributed by atoms with Gasteiger partial charge in [0, 0.05) is 37.5 Å². The van der Waals surface area contributed by atoms with Gasteiger partial charge in [0.1, 0.15) is 16.5 Å². The van der Waals surface area contributed by atoms with Gasteiger partial charge < -0.3 is 10.2 Å². The van der Waals surface area contributed by atoms with Crippen molar-refractivity contribution in [3.63, 3.8) is 0 Å². The maximum absolute atomic E-state index is 13.9. The summed E-state index contributed by atoms with van der Waals surface area (Å²) < 4.78 is 50.5. The molecule has 11 heteroatoms. The topological polar surface area (TPSA) is 118 Å². The molecule has 8 nitrogen and oxygen atoms in total. The Morgan fingerprint density at radius 3 is 2.62 bits per heavy atom. The van der Waals surface area contributed by atoms with Crippen LogP contribution in [0.15, 0.2) is 53.6 Å². The van der Waals surface area contributed by atoms with Gasteiger partial charge in [-0.05, 0) is 30.7 Å². The highest BCUT2D eigenvalue weighted by molar-refractivity contribution is 7.89. The van der Waals surface area contributed by atoms with Crippen molar-refractivity contribution in [2.24, 2.45) is 5.14 Å². The summed E-state index contributed by atoms with van der Waals surface area (Å²) in [5, 5.41) is 8.40. The summed E-state index contributed by atoms with van der Waals surface area (Å²) >= 11 is 0. The summed E-state index contributed by atoms with van der Waals surface area (Å²) in [5.41, 5.74) is 0.858. The van der Waals surface area contributed by atoms with Gasteiger partial charge in [-0.2, -0.15) is 0 Å². The normalized spacial score (nSPS) is 16.5.